The molecule has 1 N–H and O–H groups in total. The van der Waals surface area contributed by atoms with Crippen molar-refractivity contribution in [2.75, 3.05) is 20.1 Å². The Morgan fingerprint density at radius 3 is 2.57 bits per heavy atom. The van der Waals surface area contributed by atoms with Crippen LogP contribution >= 0.6 is 11.6 Å². The van der Waals surface area contributed by atoms with E-state index >= 15 is 0 Å². The molecule has 0 heterocycles. The molecular weight excluding hydrogens is 371 g/mol. The van der Waals surface area contributed by atoms with E-state index in [1.54, 1.807) is 13.0 Å². The van der Waals surface area contributed by atoms with Crippen LogP contribution in [0, 0.1) is 0 Å². The molecule has 2 nitrogen and oxygen atoms in total. The molecule has 1 aromatic carbocycles. The van der Waals surface area contributed by atoms with Crippen LogP contribution in [-0.4, -0.2) is 25.0 Å². The fraction of sp³-hybridized carbons (Fsp3) is 0.500. The van der Waals surface area contributed by atoms with Gasteiger partial charge in [0.1, 0.15) is 6.17 Å². The van der Waals surface area contributed by atoms with Crippen molar-refractivity contribution in [2.24, 2.45) is 0 Å². The quantitative estimate of drug-likeness (QED) is 0.392. The van der Waals surface area contributed by atoms with E-state index in [9.17, 15) is 4.39 Å². The molecule has 2 atom stereocenters. The van der Waals surface area contributed by atoms with E-state index in [2.05, 4.69) is 69.3 Å². The third kappa shape index (κ3) is 7.81. The van der Waals surface area contributed by atoms with E-state index in [4.69, 9.17) is 11.6 Å². The van der Waals surface area contributed by atoms with Crippen molar-refractivity contribution in [1.82, 2.24) is 10.2 Å². The van der Waals surface area contributed by atoms with Crippen molar-refractivity contribution in [1.29, 1.82) is 0 Å². The molecule has 0 aliphatic rings. The summed E-state index contributed by atoms with van der Waals surface area (Å²) in [5.41, 5.74) is 3.95. The van der Waals surface area contributed by atoms with Crippen LogP contribution in [0.3, 0.4) is 0 Å². The second kappa shape index (κ2) is 12.8. The third-order valence-electron chi connectivity index (χ3n) is 4.71. The molecular formula is C24H36ClFN2. The summed E-state index contributed by atoms with van der Waals surface area (Å²) in [5, 5.41) is 3.97. The van der Waals surface area contributed by atoms with E-state index in [1.165, 1.54) is 5.57 Å². The van der Waals surface area contributed by atoms with E-state index < -0.39 is 6.17 Å². The minimum absolute atomic E-state index is 0.0257. The number of nitrogens with zero attached hydrogens (tertiary/aromatic N) is 1. The number of likely N-dealkylation sites (N-methyl/N-ethyl adjacent to an activating group) is 1. The Hall–Kier alpha value is -1.58. The van der Waals surface area contributed by atoms with Gasteiger partial charge in [0.15, 0.2) is 0 Å². The highest BCUT2D eigenvalue weighted by Crippen LogP contribution is 2.35. The molecule has 0 saturated carbocycles. The minimum atomic E-state index is -1.08. The Balaban J connectivity index is 3.27. The topological polar surface area (TPSA) is 15.3 Å². The van der Waals surface area contributed by atoms with Gasteiger partial charge >= 0.3 is 0 Å². The normalized spacial score (nSPS) is 15.3. The summed E-state index contributed by atoms with van der Waals surface area (Å²) in [7, 11) is 2.08. The maximum absolute atomic E-state index is 14.4. The molecule has 156 valence electrons. The SMILES string of the molecule is CC/C=C\C=C(/C)C(c1ccc(Cl)cc1C(C)F)N(C)C/C=C(\C)NCCC. The van der Waals surface area contributed by atoms with Crippen LogP contribution < -0.4 is 5.32 Å². The molecule has 0 bridgehead atoms. The van der Waals surface area contributed by atoms with E-state index in [0.29, 0.717) is 10.6 Å². The van der Waals surface area contributed by atoms with Crippen molar-refractivity contribution in [3.8, 4) is 0 Å². The lowest BCUT2D eigenvalue weighted by Crippen LogP contribution is -2.27. The summed E-state index contributed by atoms with van der Waals surface area (Å²) in [4.78, 5) is 2.25. The van der Waals surface area contributed by atoms with Crippen molar-refractivity contribution < 1.29 is 4.39 Å². The number of rotatable bonds is 11. The lowest BCUT2D eigenvalue weighted by molar-refractivity contribution is 0.295. The molecule has 4 heteroatoms. The van der Waals surface area contributed by atoms with Crippen molar-refractivity contribution in [2.45, 2.75) is 59.7 Å². The lowest BCUT2D eigenvalue weighted by Gasteiger charge is -2.31. The third-order valence-corrected chi connectivity index (χ3v) is 4.95. The molecule has 0 radical (unpaired) electrons. The number of alkyl halides is 1. The van der Waals surface area contributed by atoms with Gasteiger partial charge in [0.2, 0.25) is 0 Å². The number of hydrogen-bond acceptors (Lipinski definition) is 2. The average Bonchev–Trinajstić information content (AvgIpc) is 2.66. The fourth-order valence-electron chi connectivity index (χ4n) is 3.20. The fourth-order valence-corrected chi connectivity index (χ4v) is 3.38. The second-order valence-electron chi connectivity index (χ2n) is 7.29. The van der Waals surface area contributed by atoms with Gasteiger partial charge in [-0.25, -0.2) is 4.39 Å². The Morgan fingerprint density at radius 1 is 1.25 bits per heavy atom. The summed E-state index contributed by atoms with van der Waals surface area (Å²) in [6, 6.07) is 5.54. The highest BCUT2D eigenvalue weighted by Gasteiger charge is 2.23. The van der Waals surface area contributed by atoms with E-state index in [0.717, 1.165) is 37.2 Å². The maximum Gasteiger partial charge on any atom is 0.123 e. The monoisotopic (exact) mass is 406 g/mol. The van der Waals surface area contributed by atoms with Crippen LogP contribution in [0.2, 0.25) is 5.02 Å². The van der Waals surface area contributed by atoms with Crippen molar-refractivity contribution >= 4 is 11.6 Å². The standard InChI is InChI=1S/C24H36ClFN2/c1-7-9-10-11-18(3)24(28(6)16-14-19(4)27-15-8-2)22-13-12-21(25)17-23(22)20(5)26/h9-14,17,20,24,27H,7-8,15-16H2,1-6H3/b10-9-,18-11+,19-14+. The van der Waals surface area contributed by atoms with Crippen molar-refractivity contribution in [3.63, 3.8) is 0 Å². The van der Waals surface area contributed by atoms with Gasteiger partial charge in [-0.1, -0.05) is 61.4 Å². The Morgan fingerprint density at radius 2 is 1.96 bits per heavy atom. The summed E-state index contributed by atoms with van der Waals surface area (Å²) < 4.78 is 14.4. The smallest absolute Gasteiger partial charge is 0.123 e. The molecule has 0 aromatic heterocycles. The van der Waals surface area contributed by atoms with Gasteiger partial charge in [0.05, 0.1) is 6.04 Å². The van der Waals surface area contributed by atoms with Crippen LogP contribution in [0.4, 0.5) is 4.39 Å². The van der Waals surface area contributed by atoms with Crippen LogP contribution in [0.1, 0.15) is 70.8 Å². The number of benzene rings is 1. The molecule has 0 amide bonds. The van der Waals surface area contributed by atoms with Crippen LogP contribution in [0.25, 0.3) is 0 Å². The second-order valence-corrected chi connectivity index (χ2v) is 7.73. The molecule has 0 spiro atoms. The highest BCUT2D eigenvalue weighted by molar-refractivity contribution is 6.30. The van der Waals surface area contributed by atoms with Crippen LogP contribution in [0.15, 0.2) is 53.8 Å². The molecule has 0 saturated heterocycles. The average molecular weight is 407 g/mol. The van der Waals surface area contributed by atoms with Crippen LogP contribution in [-0.2, 0) is 0 Å². The molecule has 0 aliphatic heterocycles. The Bertz CT molecular complexity index is 692. The number of allylic oxidation sites excluding steroid dienone is 4. The molecule has 28 heavy (non-hydrogen) atoms. The Labute approximate surface area is 176 Å². The Kier molecular flexibility index (Phi) is 11.2. The van der Waals surface area contributed by atoms with Crippen molar-refractivity contribution in [3.05, 3.63) is 69.9 Å². The first kappa shape index (κ1) is 24.5. The van der Waals surface area contributed by atoms with Gasteiger partial charge in [-0.2, -0.15) is 0 Å². The number of halogens is 2. The molecule has 1 aromatic rings. The van der Waals surface area contributed by atoms with Gasteiger partial charge in [0.25, 0.3) is 0 Å². The number of nitrogens with one attached hydrogen (secondary N) is 1. The lowest BCUT2D eigenvalue weighted by atomic mass is 9.92. The number of hydrogen-bond donors (Lipinski definition) is 1. The zero-order valence-corrected chi connectivity index (χ0v) is 19.0. The highest BCUT2D eigenvalue weighted by atomic mass is 35.5. The van der Waals surface area contributed by atoms with Crippen LogP contribution in [0.5, 0.6) is 0 Å². The molecule has 1 rings (SSSR count). The maximum atomic E-state index is 14.4. The van der Waals surface area contributed by atoms with Gasteiger partial charge in [0, 0.05) is 23.8 Å². The zero-order chi connectivity index (χ0) is 21.1. The zero-order valence-electron chi connectivity index (χ0n) is 18.2. The minimum Gasteiger partial charge on any atom is -0.389 e. The first-order valence-electron chi connectivity index (χ1n) is 10.2. The predicted molar refractivity (Wildman–Crippen MR) is 122 cm³/mol. The van der Waals surface area contributed by atoms with E-state index in [1.807, 2.05) is 12.1 Å². The summed E-state index contributed by atoms with van der Waals surface area (Å²) in [6.07, 6.45) is 9.52. The first-order chi connectivity index (χ1) is 13.3. The van der Waals surface area contributed by atoms with E-state index in [-0.39, 0.29) is 6.04 Å². The summed E-state index contributed by atoms with van der Waals surface area (Å²) >= 11 is 6.15. The molecule has 0 fully saturated rings. The van der Waals surface area contributed by atoms with Gasteiger partial charge in [-0.3, -0.25) is 4.90 Å². The summed E-state index contributed by atoms with van der Waals surface area (Å²) in [5.74, 6) is 0. The van der Waals surface area contributed by atoms with Gasteiger partial charge in [-0.15, -0.1) is 0 Å². The largest absolute Gasteiger partial charge is 0.389 e. The predicted octanol–water partition coefficient (Wildman–Crippen LogP) is 7.16. The van der Waals surface area contributed by atoms with Gasteiger partial charge in [-0.05, 0) is 63.9 Å². The summed E-state index contributed by atoms with van der Waals surface area (Å²) in [6.45, 7) is 11.8. The van der Waals surface area contributed by atoms with Gasteiger partial charge < -0.3 is 5.32 Å². The molecule has 0 aliphatic carbocycles. The molecule has 2 unspecified atom stereocenters. The first-order valence-corrected chi connectivity index (χ1v) is 10.6.